The second-order valence-electron chi connectivity index (χ2n) is 3.79. The molecule has 1 fully saturated rings. The molecule has 5 heteroatoms. The highest BCUT2D eigenvalue weighted by Gasteiger charge is 2.19. The molecule has 1 saturated carbocycles. The van der Waals surface area contributed by atoms with Crippen molar-refractivity contribution in [1.82, 2.24) is 10.6 Å². The highest BCUT2D eigenvalue weighted by molar-refractivity contribution is 7.84. The number of hydrogen-bond donors (Lipinski definition) is 2. The second kappa shape index (κ2) is 5.34. The summed E-state index contributed by atoms with van der Waals surface area (Å²) in [5.41, 5.74) is 0. The Kier molecular flexibility index (Phi) is 4.38. The molecule has 0 bridgehead atoms. The van der Waals surface area contributed by atoms with Crippen molar-refractivity contribution in [3.8, 4) is 0 Å². The van der Waals surface area contributed by atoms with Gasteiger partial charge in [-0.2, -0.15) is 0 Å². The zero-order valence-corrected chi connectivity index (χ0v) is 9.52. The molecule has 0 spiro atoms. The van der Waals surface area contributed by atoms with Crippen LogP contribution in [0.1, 0.15) is 26.2 Å². The lowest BCUT2D eigenvalue weighted by atomic mass is 9.93. The summed E-state index contributed by atoms with van der Waals surface area (Å²) in [6.07, 6.45) is 5.03. The van der Waals surface area contributed by atoms with Crippen LogP contribution < -0.4 is 10.6 Å². The van der Waals surface area contributed by atoms with Crippen LogP contribution >= 0.6 is 0 Å². The molecule has 14 heavy (non-hydrogen) atoms. The van der Waals surface area contributed by atoms with E-state index in [-0.39, 0.29) is 11.3 Å². The van der Waals surface area contributed by atoms with Crippen LogP contribution in [0, 0.1) is 0 Å². The van der Waals surface area contributed by atoms with Crippen LogP contribution in [0.3, 0.4) is 0 Å². The fraction of sp³-hybridized carbons (Fsp3) is 0.889. The van der Waals surface area contributed by atoms with Gasteiger partial charge in [0.1, 0.15) is 0 Å². The van der Waals surface area contributed by atoms with Crippen molar-refractivity contribution >= 4 is 16.8 Å². The van der Waals surface area contributed by atoms with Gasteiger partial charge in [0.25, 0.3) is 0 Å². The lowest BCUT2D eigenvalue weighted by molar-refractivity contribution is 0.228. The largest absolute Gasteiger partial charge is 0.337 e. The van der Waals surface area contributed by atoms with Crippen molar-refractivity contribution in [2.24, 2.45) is 0 Å². The minimum Gasteiger partial charge on any atom is -0.337 e. The van der Waals surface area contributed by atoms with E-state index in [9.17, 15) is 9.00 Å². The molecule has 4 nitrogen and oxygen atoms in total. The molecule has 1 aliphatic rings. The Bertz CT molecular complexity index is 229. The average molecular weight is 218 g/mol. The van der Waals surface area contributed by atoms with Crippen molar-refractivity contribution in [3.63, 3.8) is 0 Å². The van der Waals surface area contributed by atoms with Gasteiger partial charge in [-0.3, -0.25) is 4.21 Å². The van der Waals surface area contributed by atoms with Crippen molar-refractivity contribution in [2.45, 2.75) is 37.5 Å². The SMILES string of the molecule is CC(CNC(=O)NC1CCC1)S(C)=O. The molecule has 0 aromatic heterocycles. The van der Waals surface area contributed by atoms with Crippen molar-refractivity contribution in [1.29, 1.82) is 0 Å². The highest BCUT2D eigenvalue weighted by Crippen LogP contribution is 2.17. The molecule has 2 unspecified atom stereocenters. The van der Waals surface area contributed by atoms with Gasteiger partial charge >= 0.3 is 6.03 Å². The lowest BCUT2D eigenvalue weighted by Gasteiger charge is -2.26. The second-order valence-corrected chi connectivity index (χ2v) is 5.59. The summed E-state index contributed by atoms with van der Waals surface area (Å²) in [5.74, 6) is 0. The van der Waals surface area contributed by atoms with Gasteiger partial charge in [0.2, 0.25) is 0 Å². The lowest BCUT2D eigenvalue weighted by Crippen LogP contribution is -2.47. The standard InChI is InChI=1S/C9H18N2O2S/c1-7(14(2)13)6-10-9(12)11-8-4-3-5-8/h7-8H,3-6H2,1-2H3,(H2,10,11,12). The highest BCUT2D eigenvalue weighted by atomic mass is 32.2. The van der Waals surface area contributed by atoms with Gasteiger partial charge in [-0.05, 0) is 26.2 Å². The Morgan fingerprint density at radius 3 is 2.64 bits per heavy atom. The van der Waals surface area contributed by atoms with Crippen LogP contribution in [0.25, 0.3) is 0 Å². The van der Waals surface area contributed by atoms with E-state index in [0.29, 0.717) is 12.6 Å². The van der Waals surface area contributed by atoms with E-state index >= 15 is 0 Å². The zero-order valence-electron chi connectivity index (χ0n) is 8.71. The van der Waals surface area contributed by atoms with E-state index < -0.39 is 10.8 Å². The van der Waals surface area contributed by atoms with E-state index in [2.05, 4.69) is 10.6 Å². The summed E-state index contributed by atoms with van der Waals surface area (Å²) >= 11 is 0. The molecule has 1 rings (SSSR count). The van der Waals surface area contributed by atoms with Crippen LogP contribution in [0.15, 0.2) is 0 Å². The number of rotatable bonds is 4. The first-order valence-corrected chi connectivity index (χ1v) is 6.58. The number of amides is 2. The molecule has 1 aliphatic carbocycles. The summed E-state index contributed by atoms with van der Waals surface area (Å²) in [4.78, 5) is 11.3. The topological polar surface area (TPSA) is 58.2 Å². The third-order valence-electron chi connectivity index (χ3n) is 2.56. The summed E-state index contributed by atoms with van der Waals surface area (Å²) in [6, 6.07) is 0.226. The van der Waals surface area contributed by atoms with Crippen molar-refractivity contribution < 1.29 is 9.00 Å². The Labute approximate surface area is 87.3 Å². The fourth-order valence-corrected chi connectivity index (χ4v) is 1.46. The van der Waals surface area contributed by atoms with Gasteiger partial charge in [0.05, 0.1) is 0 Å². The predicted molar refractivity (Wildman–Crippen MR) is 57.7 cm³/mol. The Morgan fingerprint density at radius 2 is 2.21 bits per heavy atom. The van der Waals surface area contributed by atoms with Crippen LogP contribution in [0.5, 0.6) is 0 Å². The molecule has 0 aliphatic heterocycles. The number of hydrogen-bond acceptors (Lipinski definition) is 2. The maximum Gasteiger partial charge on any atom is 0.315 e. The van der Waals surface area contributed by atoms with E-state index in [4.69, 9.17) is 0 Å². The maximum atomic E-state index is 11.3. The molecule has 0 saturated heterocycles. The molecule has 0 aromatic rings. The molecule has 0 radical (unpaired) electrons. The van der Waals surface area contributed by atoms with Crippen LogP contribution in [0.2, 0.25) is 0 Å². The van der Waals surface area contributed by atoms with Crippen LogP contribution in [-0.2, 0) is 10.8 Å². The van der Waals surface area contributed by atoms with Gasteiger partial charge in [-0.15, -0.1) is 0 Å². The van der Waals surface area contributed by atoms with Gasteiger partial charge in [-0.25, -0.2) is 4.79 Å². The van der Waals surface area contributed by atoms with Crippen LogP contribution in [0.4, 0.5) is 4.79 Å². The molecule has 2 N–H and O–H groups in total. The molecule has 0 heterocycles. The minimum absolute atomic E-state index is 0.0159. The Morgan fingerprint density at radius 1 is 1.57 bits per heavy atom. The molecule has 82 valence electrons. The van der Waals surface area contributed by atoms with E-state index in [1.54, 1.807) is 6.26 Å². The van der Waals surface area contributed by atoms with Crippen molar-refractivity contribution in [3.05, 3.63) is 0 Å². The number of carbonyl (C=O) groups excluding carboxylic acids is 1. The Balaban J connectivity index is 2.10. The first-order chi connectivity index (χ1) is 6.59. The van der Waals surface area contributed by atoms with E-state index in [1.165, 1.54) is 6.42 Å². The Hall–Kier alpha value is -0.580. The minimum atomic E-state index is -0.870. The smallest absolute Gasteiger partial charge is 0.315 e. The van der Waals surface area contributed by atoms with Gasteiger partial charge in [-0.1, -0.05) is 0 Å². The van der Waals surface area contributed by atoms with Gasteiger partial charge in [0.15, 0.2) is 0 Å². The van der Waals surface area contributed by atoms with E-state index in [1.807, 2.05) is 6.92 Å². The first-order valence-electron chi connectivity index (χ1n) is 4.96. The number of nitrogens with one attached hydrogen (secondary N) is 2. The third-order valence-corrected chi connectivity index (χ3v) is 3.86. The summed E-state index contributed by atoms with van der Waals surface area (Å²) in [7, 11) is -0.870. The predicted octanol–water partition coefficient (Wildman–Crippen LogP) is 0.605. The summed E-state index contributed by atoms with van der Waals surface area (Å²) in [6.45, 7) is 2.33. The van der Waals surface area contributed by atoms with Gasteiger partial charge < -0.3 is 10.6 Å². The fourth-order valence-electron chi connectivity index (χ4n) is 1.14. The monoisotopic (exact) mass is 218 g/mol. The number of urea groups is 1. The normalized spacial score (nSPS) is 20.7. The molecular weight excluding hydrogens is 200 g/mol. The molecule has 2 amide bonds. The van der Waals surface area contributed by atoms with Crippen LogP contribution in [-0.4, -0.2) is 34.3 Å². The van der Waals surface area contributed by atoms with Crippen molar-refractivity contribution in [2.75, 3.05) is 12.8 Å². The first kappa shape index (κ1) is 11.5. The summed E-state index contributed by atoms with van der Waals surface area (Å²) in [5, 5.41) is 5.60. The molecule has 0 aromatic carbocycles. The average Bonchev–Trinajstić information content (AvgIpc) is 2.07. The molecular formula is C9H18N2O2S. The molecule has 2 atom stereocenters. The van der Waals surface area contributed by atoms with Gasteiger partial charge in [0, 0.05) is 34.9 Å². The zero-order chi connectivity index (χ0) is 10.6. The summed E-state index contributed by atoms with van der Waals surface area (Å²) < 4.78 is 11.0. The quantitative estimate of drug-likeness (QED) is 0.726. The third kappa shape index (κ3) is 3.65. The maximum absolute atomic E-state index is 11.3. The number of carbonyl (C=O) groups is 1. The van der Waals surface area contributed by atoms with E-state index in [0.717, 1.165) is 12.8 Å².